The lowest BCUT2D eigenvalue weighted by molar-refractivity contribution is -0.135. The number of nitrogens with one attached hydrogen (secondary N) is 2. The lowest BCUT2D eigenvalue weighted by atomic mass is 9.83. The van der Waals surface area contributed by atoms with Crippen molar-refractivity contribution in [1.29, 1.82) is 0 Å². The van der Waals surface area contributed by atoms with Gasteiger partial charge in [0.2, 0.25) is 11.8 Å². The Kier molecular flexibility index (Phi) is 9.47. The van der Waals surface area contributed by atoms with Crippen molar-refractivity contribution >= 4 is 45.8 Å². The molecular formula is C37H42F3N11O4. The second-order valence-electron chi connectivity index (χ2n) is 14.9. The van der Waals surface area contributed by atoms with Crippen molar-refractivity contribution < 1.29 is 27.6 Å². The van der Waals surface area contributed by atoms with E-state index in [9.17, 15) is 28.0 Å². The van der Waals surface area contributed by atoms with Crippen LogP contribution in [0.3, 0.4) is 0 Å². The number of hydrogen-bond acceptors (Lipinski definition) is 9. The SMILES string of the molecule is CN(C[C@]1(F)CC[C@@H](n2cc(NC(=O)c3cnn4cccnc34)c(C(F)F)n2)CC1)C1CCN(c2cccc3c2n(C)c(=O)n3C2CCC(=O)NC2=O)CC1. The maximum Gasteiger partial charge on any atom is 0.329 e. The molecule has 2 saturated heterocycles. The zero-order valence-electron chi connectivity index (χ0n) is 30.5. The normalized spacial score (nSPS) is 22.6. The third-order valence-corrected chi connectivity index (χ3v) is 11.5. The number of para-hydroxylation sites is 1. The predicted molar refractivity (Wildman–Crippen MR) is 196 cm³/mol. The van der Waals surface area contributed by atoms with Crippen molar-refractivity contribution in [3.8, 4) is 0 Å². The Labute approximate surface area is 313 Å². The third kappa shape index (κ3) is 6.76. The minimum Gasteiger partial charge on any atom is -0.370 e. The second kappa shape index (κ2) is 14.3. The predicted octanol–water partition coefficient (Wildman–Crippen LogP) is 4.17. The topological polar surface area (TPSA) is 157 Å². The van der Waals surface area contributed by atoms with E-state index in [-0.39, 0.29) is 72.8 Å². The lowest BCUT2D eigenvalue weighted by Gasteiger charge is -2.42. The molecule has 3 amide bonds. The summed E-state index contributed by atoms with van der Waals surface area (Å²) in [6.45, 7) is 1.61. The largest absolute Gasteiger partial charge is 0.370 e. The average Bonchev–Trinajstić information content (AvgIpc) is 3.86. The Morgan fingerprint density at radius 1 is 1.09 bits per heavy atom. The molecule has 8 rings (SSSR count). The number of hydrogen-bond donors (Lipinski definition) is 2. The molecule has 55 heavy (non-hydrogen) atoms. The van der Waals surface area contributed by atoms with Crippen LogP contribution >= 0.6 is 0 Å². The molecule has 2 aliphatic heterocycles. The van der Waals surface area contributed by atoms with Gasteiger partial charge in [-0.3, -0.25) is 33.5 Å². The highest BCUT2D eigenvalue weighted by molar-refractivity contribution is 6.08. The Hall–Kier alpha value is -5.52. The Morgan fingerprint density at radius 2 is 1.85 bits per heavy atom. The van der Waals surface area contributed by atoms with Gasteiger partial charge < -0.3 is 15.1 Å². The molecule has 2 N–H and O–H groups in total. The van der Waals surface area contributed by atoms with Crippen LogP contribution < -0.4 is 21.2 Å². The van der Waals surface area contributed by atoms with Crippen molar-refractivity contribution in [2.45, 2.75) is 81.6 Å². The summed E-state index contributed by atoms with van der Waals surface area (Å²) in [5, 5.41) is 13.1. The minimum absolute atomic E-state index is 0.108. The molecule has 4 aromatic heterocycles. The molecule has 3 aliphatic rings. The summed E-state index contributed by atoms with van der Waals surface area (Å²) in [6.07, 6.45) is 6.18. The van der Waals surface area contributed by atoms with Crippen molar-refractivity contribution in [3.63, 3.8) is 0 Å². The van der Waals surface area contributed by atoms with Gasteiger partial charge in [0.15, 0.2) is 11.3 Å². The highest BCUT2D eigenvalue weighted by atomic mass is 19.3. The number of imidazole rings is 1. The van der Waals surface area contributed by atoms with Crippen LogP contribution in [0, 0.1) is 0 Å². The summed E-state index contributed by atoms with van der Waals surface area (Å²) >= 11 is 0. The molecule has 3 fully saturated rings. The molecule has 18 heteroatoms. The molecule has 290 valence electrons. The number of fused-ring (bicyclic) bond motifs is 2. The van der Waals surface area contributed by atoms with Gasteiger partial charge in [-0.25, -0.2) is 27.5 Å². The highest BCUT2D eigenvalue weighted by Gasteiger charge is 2.40. The lowest BCUT2D eigenvalue weighted by Crippen LogP contribution is -2.49. The number of halogens is 3. The van der Waals surface area contributed by atoms with Gasteiger partial charge >= 0.3 is 5.69 Å². The van der Waals surface area contributed by atoms with Gasteiger partial charge in [-0.2, -0.15) is 10.2 Å². The van der Waals surface area contributed by atoms with Crippen molar-refractivity contribution in [2.75, 3.05) is 36.9 Å². The molecule has 0 bridgehead atoms. The van der Waals surface area contributed by atoms with Gasteiger partial charge in [-0.15, -0.1) is 0 Å². The number of piperidine rings is 2. The first-order chi connectivity index (χ1) is 26.4. The fourth-order valence-corrected chi connectivity index (χ4v) is 8.60. The number of alkyl halides is 3. The zero-order chi connectivity index (χ0) is 38.6. The van der Waals surface area contributed by atoms with Gasteiger partial charge in [0.1, 0.15) is 17.3 Å². The molecule has 1 aromatic carbocycles. The van der Waals surface area contributed by atoms with E-state index in [1.165, 1.54) is 32.4 Å². The molecule has 15 nitrogen and oxygen atoms in total. The van der Waals surface area contributed by atoms with E-state index in [0.717, 1.165) is 24.0 Å². The highest BCUT2D eigenvalue weighted by Crippen LogP contribution is 2.40. The number of anilines is 2. The van der Waals surface area contributed by atoms with Gasteiger partial charge in [-0.1, -0.05) is 6.07 Å². The number of aromatic nitrogens is 7. The third-order valence-electron chi connectivity index (χ3n) is 11.5. The molecule has 5 aromatic rings. The fraction of sp³-hybridized carbons (Fsp3) is 0.486. The van der Waals surface area contributed by atoms with E-state index in [1.807, 2.05) is 25.2 Å². The standard InChI is InChI=1S/C37H42F3N11O4/c1-46(22-11-17-48(18-12-22)26-5-3-6-27-31(26)47(2)36(55)51(27)28-7-8-29(52)44-35(28)54)21-37(40)13-9-23(10-14-37)50-20-25(30(45-50)32(38)39)43-34(53)24-19-42-49-16-4-15-41-33(24)49/h3-6,15-16,19-20,22-23,28,32H,7-14,17-18,21H2,1-2H3,(H,43,53)(H,44,52,54)/t23-,28?,37+. The first kappa shape index (κ1) is 36.5. The molecule has 1 saturated carbocycles. The molecular weight excluding hydrogens is 719 g/mol. The Balaban J connectivity index is 0.886. The molecule has 1 unspecified atom stereocenters. The molecule has 1 aliphatic carbocycles. The number of imide groups is 1. The van der Waals surface area contributed by atoms with E-state index in [1.54, 1.807) is 23.9 Å². The van der Waals surface area contributed by atoms with Crippen molar-refractivity contribution in [2.24, 2.45) is 7.05 Å². The minimum atomic E-state index is -2.93. The number of carbonyl (C=O) groups is 3. The van der Waals surface area contributed by atoms with Crippen LogP contribution in [0.5, 0.6) is 0 Å². The summed E-state index contributed by atoms with van der Waals surface area (Å²) in [5.74, 6) is -1.45. The van der Waals surface area contributed by atoms with Gasteiger partial charge in [0, 0.05) is 57.7 Å². The molecule has 0 radical (unpaired) electrons. The van der Waals surface area contributed by atoms with E-state index in [2.05, 4.69) is 35.6 Å². The van der Waals surface area contributed by atoms with Crippen LogP contribution in [0.15, 0.2) is 53.8 Å². The first-order valence-electron chi connectivity index (χ1n) is 18.6. The van der Waals surface area contributed by atoms with Crippen LogP contribution in [-0.4, -0.2) is 94.5 Å². The van der Waals surface area contributed by atoms with E-state index >= 15 is 4.39 Å². The maximum absolute atomic E-state index is 16.4. The van der Waals surface area contributed by atoms with E-state index < -0.39 is 35.6 Å². The molecule has 0 spiro atoms. The maximum atomic E-state index is 16.4. The smallest absolute Gasteiger partial charge is 0.329 e. The van der Waals surface area contributed by atoms with E-state index in [0.29, 0.717) is 31.4 Å². The quantitative estimate of drug-likeness (QED) is 0.211. The van der Waals surface area contributed by atoms with Crippen LogP contribution in [0.4, 0.5) is 24.5 Å². The average molecular weight is 762 g/mol. The zero-order valence-corrected chi connectivity index (χ0v) is 30.5. The van der Waals surface area contributed by atoms with Crippen LogP contribution in [0.1, 0.15) is 85.9 Å². The van der Waals surface area contributed by atoms with Gasteiger partial charge in [0.05, 0.1) is 34.6 Å². The number of benzene rings is 1. The summed E-state index contributed by atoms with van der Waals surface area (Å²) in [6, 6.07) is 6.38. The number of nitrogens with zero attached hydrogens (tertiary/aromatic N) is 9. The Bertz CT molecular complexity index is 2330. The van der Waals surface area contributed by atoms with Crippen molar-refractivity contribution in [1.82, 2.24) is 43.7 Å². The van der Waals surface area contributed by atoms with Crippen LogP contribution in [0.2, 0.25) is 0 Å². The number of carbonyl (C=O) groups excluding carboxylic acids is 3. The number of aryl methyl sites for hydroxylation is 1. The van der Waals surface area contributed by atoms with Crippen molar-refractivity contribution in [3.05, 3.63) is 70.8 Å². The van der Waals surface area contributed by atoms with Gasteiger partial charge in [0.25, 0.3) is 12.3 Å². The first-order valence-corrected chi connectivity index (χ1v) is 18.6. The number of rotatable bonds is 9. The summed E-state index contributed by atoms with van der Waals surface area (Å²) < 4.78 is 50.4. The summed E-state index contributed by atoms with van der Waals surface area (Å²) in [7, 11) is 3.63. The monoisotopic (exact) mass is 761 g/mol. The molecule has 1 atom stereocenters. The summed E-state index contributed by atoms with van der Waals surface area (Å²) in [5.41, 5.74) is 0.227. The van der Waals surface area contributed by atoms with Crippen LogP contribution in [-0.2, 0) is 16.6 Å². The summed E-state index contributed by atoms with van der Waals surface area (Å²) in [4.78, 5) is 59.3. The van der Waals surface area contributed by atoms with E-state index in [4.69, 9.17) is 0 Å². The second-order valence-corrected chi connectivity index (χ2v) is 14.9. The fourth-order valence-electron chi connectivity index (χ4n) is 8.60. The molecule has 6 heterocycles. The van der Waals surface area contributed by atoms with Crippen LogP contribution in [0.25, 0.3) is 16.7 Å². The van der Waals surface area contributed by atoms with Gasteiger partial charge in [-0.05, 0) is 70.2 Å². The Morgan fingerprint density at radius 3 is 2.58 bits per heavy atom. The number of amides is 3.